The van der Waals surface area contributed by atoms with Crippen molar-refractivity contribution >= 4 is 5.78 Å². The summed E-state index contributed by atoms with van der Waals surface area (Å²) in [7, 11) is 1.59. The Bertz CT molecular complexity index is 267. The number of rotatable bonds is 12. The number of hydrogen-bond donors (Lipinski definition) is 0. The molecule has 0 heterocycles. The second-order valence-corrected chi connectivity index (χ2v) is 3.84. The zero-order chi connectivity index (χ0) is 13.6. The summed E-state index contributed by atoms with van der Waals surface area (Å²) in [6.45, 7) is 2.97. The fourth-order valence-corrected chi connectivity index (χ4v) is 1.28. The average Bonchev–Trinajstić information content (AvgIpc) is 2.33. The number of hydrogen-bond acceptors (Lipinski definition) is 5. The van der Waals surface area contributed by atoms with Crippen LogP contribution in [0.4, 0.5) is 0 Å². The van der Waals surface area contributed by atoms with Gasteiger partial charge in [0.25, 0.3) is 0 Å². The summed E-state index contributed by atoms with van der Waals surface area (Å²) in [6, 6.07) is -0.250. The van der Waals surface area contributed by atoms with Crippen molar-refractivity contribution in [3.05, 3.63) is 10.4 Å². The third-order valence-electron chi connectivity index (χ3n) is 2.19. The highest BCUT2D eigenvalue weighted by Gasteiger charge is 2.07. The molecule has 0 aliphatic heterocycles. The number of nitrogens with zero attached hydrogens (tertiary/aromatic N) is 3. The van der Waals surface area contributed by atoms with Gasteiger partial charge >= 0.3 is 0 Å². The van der Waals surface area contributed by atoms with Gasteiger partial charge in [-0.25, -0.2) is 0 Å². The molecule has 0 amide bonds. The van der Waals surface area contributed by atoms with Gasteiger partial charge in [-0.15, -0.1) is 0 Å². The summed E-state index contributed by atoms with van der Waals surface area (Å²) in [5.41, 5.74) is 8.41. The maximum atomic E-state index is 10.8. The van der Waals surface area contributed by atoms with Crippen LogP contribution in [0, 0.1) is 0 Å². The van der Waals surface area contributed by atoms with E-state index in [0.717, 1.165) is 0 Å². The molecule has 0 aromatic rings. The minimum Gasteiger partial charge on any atom is -0.382 e. The predicted molar refractivity (Wildman–Crippen MR) is 66.1 cm³/mol. The molecule has 0 saturated heterocycles. The molecule has 104 valence electrons. The van der Waals surface area contributed by atoms with Gasteiger partial charge in [-0.2, -0.15) is 0 Å². The number of methoxy groups -OCH3 is 1. The lowest BCUT2D eigenvalue weighted by molar-refractivity contribution is -0.117. The molecule has 0 rings (SSSR count). The summed E-state index contributed by atoms with van der Waals surface area (Å²) in [5, 5.41) is 3.62. The van der Waals surface area contributed by atoms with Crippen molar-refractivity contribution in [2.45, 2.75) is 32.2 Å². The SMILES string of the molecule is COCCOCOC[C@H](CCCC(C)=O)N=[N+]=[N-]. The molecule has 0 aliphatic rings. The Balaban J connectivity index is 3.63. The summed E-state index contributed by atoms with van der Waals surface area (Å²) < 4.78 is 15.1. The molecule has 0 N–H and O–H groups in total. The Morgan fingerprint density at radius 3 is 2.78 bits per heavy atom. The molecule has 0 unspecified atom stereocenters. The molecule has 7 heteroatoms. The van der Waals surface area contributed by atoms with Crippen molar-refractivity contribution in [1.82, 2.24) is 0 Å². The van der Waals surface area contributed by atoms with E-state index < -0.39 is 0 Å². The highest BCUT2D eigenvalue weighted by Crippen LogP contribution is 2.06. The molecule has 0 bridgehead atoms. The van der Waals surface area contributed by atoms with Crippen LogP contribution >= 0.6 is 0 Å². The van der Waals surface area contributed by atoms with Gasteiger partial charge in [-0.05, 0) is 25.3 Å². The molecule has 0 saturated carbocycles. The van der Waals surface area contributed by atoms with Gasteiger partial charge in [-0.1, -0.05) is 5.11 Å². The summed E-state index contributed by atoms with van der Waals surface area (Å²) in [6.07, 6.45) is 1.84. The Morgan fingerprint density at radius 2 is 2.17 bits per heavy atom. The largest absolute Gasteiger partial charge is 0.382 e. The number of carbonyl (C=O) groups excluding carboxylic acids is 1. The van der Waals surface area contributed by atoms with Crippen LogP contribution < -0.4 is 0 Å². The lowest BCUT2D eigenvalue weighted by atomic mass is 10.1. The Hall–Kier alpha value is -1.14. The Kier molecular flexibility index (Phi) is 11.5. The number of ketones is 1. The molecular formula is C11H21N3O4. The monoisotopic (exact) mass is 259 g/mol. The van der Waals surface area contributed by atoms with E-state index in [1.807, 2.05) is 0 Å². The maximum absolute atomic E-state index is 10.8. The van der Waals surface area contributed by atoms with Crippen molar-refractivity contribution < 1.29 is 19.0 Å². The van der Waals surface area contributed by atoms with Gasteiger partial charge in [0.15, 0.2) is 0 Å². The van der Waals surface area contributed by atoms with Crippen molar-refractivity contribution in [3.63, 3.8) is 0 Å². The van der Waals surface area contributed by atoms with E-state index in [4.69, 9.17) is 19.7 Å². The Labute approximate surface area is 107 Å². The van der Waals surface area contributed by atoms with Crippen LogP contribution in [0.2, 0.25) is 0 Å². The zero-order valence-electron chi connectivity index (χ0n) is 11.0. The molecule has 0 aliphatic carbocycles. The second kappa shape index (κ2) is 12.3. The molecule has 1 atom stereocenters. The standard InChI is InChI=1S/C11H21N3O4/c1-10(15)4-3-5-11(13-14-12)8-18-9-17-7-6-16-2/h11H,3-9H2,1-2H3/t11-/m0/s1. The Morgan fingerprint density at radius 1 is 1.39 bits per heavy atom. The first-order valence-corrected chi connectivity index (χ1v) is 5.88. The van der Waals surface area contributed by atoms with Crippen LogP contribution in [0.25, 0.3) is 10.4 Å². The van der Waals surface area contributed by atoms with E-state index in [0.29, 0.717) is 39.1 Å². The van der Waals surface area contributed by atoms with Crippen molar-refractivity contribution in [2.24, 2.45) is 5.11 Å². The van der Waals surface area contributed by atoms with Gasteiger partial charge in [0.1, 0.15) is 12.6 Å². The minimum absolute atomic E-state index is 0.138. The number of Topliss-reactive ketones (excluding diaryl/α,β-unsaturated/α-hetero) is 1. The molecule has 7 nitrogen and oxygen atoms in total. The summed E-state index contributed by atoms with van der Waals surface area (Å²) >= 11 is 0. The molecule has 0 fully saturated rings. The first-order chi connectivity index (χ1) is 8.70. The lowest BCUT2D eigenvalue weighted by Gasteiger charge is -2.11. The van der Waals surface area contributed by atoms with Crippen LogP contribution in [0.5, 0.6) is 0 Å². The van der Waals surface area contributed by atoms with Crippen LogP contribution in [0.15, 0.2) is 5.11 Å². The van der Waals surface area contributed by atoms with Crippen LogP contribution in [0.1, 0.15) is 26.2 Å². The van der Waals surface area contributed by atoms with Gasteiger partial charge in [-0.3, -0.25) is 0 Å². The highest BCUT2D eigenvalue weighted by molar-refractivity contribution is 5.75. The van der Waals surface area contributed by atoms with Crippen LogP contribution in [0.3, 0.4) is 0 Å². The third-order valence-corrected chi connectivity index (χ3v) is 2.19. The van der Waals surface area contributed by atoms with E-state index in [1.54, 1.807) is 14.0 Å². The molecule has 0 aromatic heterocycles. The van der Waals surface area contributed by atoms with E-state index in [1.165, 1.54) is 0 Å². The molecule has 18 heavy (non-hydrogen) atoms. The zero-order valence-corrected chi connectivity index (χ0v) is 11.0. The van der Waals surface area contributed by atoms with Crippen molar-refractivity contribution in [2.75, 3.05) is 33.7 Å². The second-order valence-electron chi connectivity index (χ2n) is 3.84. The van der Waals surface area contributed by atoms with E-state index >= 15 is 0 Å². The normalized spacial score (nSPS) is 11.9. The first kappa shape index (κ1) is 16.9. The van der Waals surface area contributed by atoms with E-state index in [2.05, 4.69) is 10.0 Å². The van der Waals surface area contributed by atoms with Crippen LogP contribution in [-0.4, -0.2) is 45.5 Å². The predicted octanol–water partition coefficient (Wildman–Crippen LogP) is 2.06. The quantitative estimate of drug-likeness (QED) is 0.176. The lowest BCUT2D eigenvalue weighted by Crippen LogP contribution is -2.15. The van der Waals surface area contributed by atoms with Gasteiger partial charge in [0, 0.05) is 18.4 Å². The number of azide groups is 1. The minimum atomic E-state index is -0.250. The molecule has 0 aromatic carbocycles. The molecule has 0 spiro atoms. The fourth-order valence-electron chi connectivity index (χ4n) is 1.28. The number of carbonyl (C=O) groups is 1. The summed E-state index contributed by atoms with van der Waals surface area (Å²) in [5.74, 6) is 0.138. The summed E-state index contributed by atoms with van der Waals surface area (Å²) in [4.78, 5) is 13.5. The van der Waals surface area contributed by atoms with Gasteiger partial charge in [0.05, 0.1) is 25.9 Å². The maximum Gasteiger partial charge on any atom is 0.146 e. The van der Waals surface area contributed by atoms with E-state index in [-0.39, 0.29) is 18.6 Å². The van der Waals surface area contributed by atoms with Crippen LogP contribution in [-0.2, 0) is 19.0 Å². The van der Waals surface area contributed by atoms with E-state index in [9.17, 15) is 4.79 Å². The van der Waals surface area contributed by atoms with Gasteiger partial charge < -0.3 is 19.0 Å². The topological polar surface area (TPSA) is 93.5 Å². The smallest absolute Gasteiger partial charge is 0.146 e. The average molecular weight is 259 g/mol. The fraction of sp³-hybridized carbons (Fsp3) is 0.909. The van der Waals surface area contributed by atoms with Gasteiger partial charge in [0.2, 0.25) is 0 Å². The molecule has 0 radical (unpaired) electrons. The van der Waals surface area contributed by atoms with Crippen molar-refractivity contribution in [1.29, 1.82) is 0 Å². The highest BCUT2D eigenvalue weighted by atomic mass is 16.7. The molecular weight excluding hydrogens is 238 g/mol. The number of ether oxygens (including phenoxy) is 3. The first-order valence-electron chi connectivity index (χ1n) is 5.88. The third kappa shape index (κ3) is 11.3. The van der Waals surface area contributed by atoms with Crippen molar-refractivity contribution in [3.8, 4) is 0 Å².